The fourth-order valence-corrected chi connectivity index (χ4v) is 1.66. The van der Waals surface area contributed by atoms with Crippen LogP contribution >= 0.6 is 0 Å². The zero-order valence-electron chi connectivity index (χ0n) is 13.1. The van der Waals surface area contributed by atoms with Crippen LogP contribution in [0.1, 0.15) is 18.4 Å². The van der Waals surface area contributed by atoms with Gasteiger partial charge in [0.15, 0.2) is 6.29 Å². The molecule has 0 saturated carbocycles. The van der Waals surface area contributed by atoms with Gasteiger partial charge in [0.2, 0.25) is 0 Å². The van der Waals surface area contributed by atoms with E-state index in [0.717, 1.165) is 11.6 Å². The molecule has 0 radical (unpaired) electrons. The number of hydrogen-bond donors (Lipinski definition) is 1. The van der Waals surface area contributed by atoms with Gasteiger partial charge in [-0.2, -0.15) is 5.26 Å². The first-order valence-corrected chi connectivity index (χ1v) is 7.30. The lowest BCUT2D eigenvalue weighted by molar-refractivity contribution is -0.150. The Labute approximate surface area is 140 Å². The first-order chi connectivity index (χ1) is 11.5. The molecule has 1 unspecified atom stereocenters. The van der Waals surface area contributed by atoms with Crippen LogP contribution in [-0.2, 0) is 25.5 Å². The molecular weight excluding hydrogens is 314 g/mol. The Kier molecular flexibility index (Phi) is 8.64. The second kappa shape index (κ2) is 10.8. The van der Waals surface area contributed by atoms with Gasteiger partial charge in [0, 0.05) is 12.5 Å². The number of ether oxygens (including phenoxy) is 3. The van der Waals surface area contributed by atoms with E-state index in [1.807, 2.05) is 6.07 Å². The van der Waals surface area contributed by atoms with Gasteiger partial charge in [-0.25, -0.2) is 4.79 Å². The Hall–Kier alpha value is -2.85. The van der Waals surface area contributed by atoms with E-state index in [2.05, 4.69) is 11.3 Å². The van der Waals surface area contributed by atoms with E-state index >= 15 is 0 Å². The average Bonchev–Trinajstić information content (AvgIpc) is 2.58. The molecule has 1 N–H and O–H groups in total. The van der Waals surface area contributed by atoms with Crippen LogP contribution < -0.4 is 4.74 Å². The van der Waals surface area contributed by atoms with Crippen LogP contribution in [0.5, 0.6) is 5.75 Å². The van der Waals surface area contributed by atoms with E-state index < -0.39 is 18.2 Å². The molecule has 1 aromatic carbocycles. The minimum atomic E-state index is -1.15. The zero-order valence-corrected chi connectivity index (χ0v) is 13.1. The molecule has 24 heavy (non-hydrogen) atoms. The summed E-state index contributed by atoms with van der Waals surface area (Å²) in [6.45, 7) is 3.12. The molecule has 0 amide bonds. The summed E-state index contributed by atoms with van der Waals surface area (Å²) >= 11 is 0. The van der Waals surface area contributed by atoms with Crippen molar-refractivity contribution in [1.29, 1.82) is 5.26 Å². The summed E-state index contributed by atoms with van der Waals surface area (Å²) in [6, 6.07) is 8.77. The number of rotatable bonds is 10. The molecule has 0 bridgehead atoms. The van der Waals surface area contributed by atoms with E-state index in [1.165, 1.54) is 0 Å². The number of hydrogen-bond acceptors (Lipinski definition) is 7. The molecule has 0 aliphatic carbocycles. The normalized spacial score (nSPS) is 11.0. The van der Waals surface area contributed by atoms with Crippen molar-refractivity contribution < 1.29 is 28.9 Å². The van der Waals surface area contributed by atoms with Gasteiger partial charge in [0.05, 0.1) is 18.9 Å². The predicted molar refractivity (Wildman–Crippen MR) is 83.7 cm³/mol. The van der Waals surface area contributed by atoms with Crippen LogP contribution in [0, 0.1) is 11.3 Å². The Bertz CT molecular complexity index is 590. The van der Waals surface area contributed by atoms with Crippen molar-refractivity contribution in [2.24, 2.45) is 0 Å². The molecule has 7 nitrogen and oxygen atoms in total. The predicted octanol–water partition coefficient (Wildman–Crippen LogP) is 1.50. The summed E-state index contributed by atoms with van der Waals surface area (Å²) in [5, 5.41) is 18.3. The summed E-state index contributed by atoms with van der Waals surface area (Å²) in [4.78, 5) is 22.2. The summed E-state index contributed by atoms with van der Waals surface area (Å²) in [7, 11) is 0. The third-order valence-electron chi connectivity index (χ3n) is 2.83. The third kappa shape index (κ3) is 7.96. The van der Waals surface area contributed by atoms with Gasteiger partial charge in [-0.3, -0.25) is 4.79 Å². The van der Waals surface area contributed by atoms with Crippen molar-refractivity contribution in [3.63, 3.8) is 0 Å². The number of nitriles is 1. The molecule has 0 fully saturated rings. The van der Waals surface area contributed by atoms with Crippen molar-refractivity contribution in [3.8, 4) is 11.8 Å². The van der Waals surface area contributed by atoms with Crippen LogP contribution in [0.2, 0.25) is 0 Å². The highest BCUT2D eigenvalue weighted by atomic mass is 16.6. The van der Waals surface area contributed by atoms with Gasteiger partial charge in [0.1, 0.15) is 19.0 Å². The summed E-state index contributed by atoms with van der Waals surface area (Å²) in [5.74, 6) is -0.679. The first kappa shape index (κ1) is 19.2. The number of benzene rings is 1. The average molecular weight is 333 g/mol. The number of nitrogens with zero attached hydrogens (tertiary/aromatic N) is 1. The van der Waals surface area contributed by atoms with E-state index in [1.54, 1.807) is 24.3 Å². The van der Waals surface area contributed by atoms with E-state index in [0.29, 0.717) is 12.2 Å². The summed E-state index contributed by atoms with van der Waals surface area (Å²) in [5.41, 5.74) is 0.847. The topological polar surface area (TPSA) is 106 Å². The maximum atomic E-state index is 11.5. The smallest absolute Gasteiger partial charge is 0.330 e. The minimum Gasteiger partial charge on any atom is -0.465 e. The Morgan fingerprint density at radius 1 is 1.25 bits per heavy atom. The highest BCUT2D eigenvalue weighted by molar-refractivity contribution is 5.81. The summed E-state index contributed by atoms with van der Waals surface area (Å²) in [6.07, 6.45) is 0.186. The molecule has 1 atom stereocenters. The Morgan fingerprint density at radius 3 is 2.54 bits per heavy atom. The number of carbonyl (C=O) groups is 2. The molecule has 0 spiro atoms. The Morgan fingerprint density at radius 2 is 1.92 bits per heavy atom. The first-order valence-electron chi connectivity index (χ1n) is 7.30. The lowest BCUT2D eigenvalue weighted by Gasteiger charge is -2.13. The second-order valence-corrected chi connectivity index (χ2v) is 4.68. The van der Waals surface area contributed by atoms with Crippen LogP contribution in [0.25, 0.3) is 0 Å². The quantitative estimate of drug-likeness (QED) is 0.299. The van der Waals surface area contributed by atoms with Crippen LogP contribution in [-0.4, -0.2) is 36.5 Å². The van der Waals surface area contributed by atoms with Crippen molar-refractivity contribution >= 4 is 11.9 Å². The molecule has 0 aliphatic rings. The van der Waals surface area contributed by atoms with E-state index in [4.69, 9.17) is 14.7 Å². The standard InChI is InChI=1S/C17H19NO6/c1-2-15(19)22-11-12-23-16(20)7-8-17(21)24-14-5-3-13(4-6-14)9-10-18/h2-6,17,21H,1,7-9,11-12H2. The van der Waals surface area contributed by atoms with Gasteiger partial charge in [-0.15, -0.1) is 0 Å². The third-order valence-corrected chi connectivity index (χ3v) is 2.83. The molecule has 0 aromatic heterocycles. The maximum Gasteiger partial charge on any atom is 0.330 e. The number of aliphatic hydroxyl groups excluding tert-OH is 1. The fraction of sp³-hybridized carbons (Fsp3) is 0.353. The Balaban J connectivity index is 2.21. The van der Waals surface area contributed by atoms with Gasteiger partial charge < -0.3 is 19.3 Å². The molecule has 128 valence electrons. The lowest BCUT2D eigenvalue weighted by Crippen LogP contribution is -2.19. The number of aliphatic hydroxyl groups is 1. The molecule has 7 heteroatoms. The van der Waals surface area contributed by atoms with Crippen LogP contribution in [0.3, 0.4) is 0 Å². The van der Waals surface area contributed by atoms with Gasteiger partial charge in [-0.05, 0) is 17.7 Å². The maximum absolute atomic E-state index is 11.5. The number of esters is 2. The van der Waals surface area contributed by atoms with Crippen LogP contribution in [0.4, 0.5) is 0 Å². The van der Waals surface area contributed by atoms with Crippen molar-refractivity contribution in [3.05, 3.63) is 42.5 Å². The molecular formula is C17H19NO6. The lowest BCUT2D eigenvalue weighted by atomic mass is 10.2. The van der Waals surface area contributed by atoms with Crippen molar-refractivity contribution in [1.82, 2.24) is 0 Å². The fourth-order valence-electron chi connectivity index (χ4n) is 1.66. The highest BCUT2D eigenvalue weighted by Gasteiger charge is 2.11. The van der Waals surface area contributed by atoms with Gasteiger partial charge >= 0.3 is 11.9 Å². The molecule has 0 heterocycles. The second-order valence-electron chi connectivity index (χ2n) is 4.68. The summed E-state index contributed by atoms with van der Waals surface area (Å²) < 4.78 is 14.7. The molecule has 0 aliphatic heterocycles. The zero-order chi connectivity index (χ0) is 17.8. The molecule has 0 saturated heterocycles. The largest absolute Gasteiger partial charge is 0.465 e. The minimum absolute atomic E-state index is 0.0386. The monoisotopic (exact) mass is 333 g/mol. The van der Waals surface area contributed by atoms with Crippen LogP contribution in [0.15, 0.2) is 36.9 Å². The van der Waals surface area contributed by atoms with E-state index in [9.17, 15) is 14.7 Å². The molecule has 1 rings (SSSR count). The molecule has 1 aromatic rings. The highest BCUT2D eigenvalue weighted by Crippen LogP contribution is 2.15. The van der Waals surface area contributed by atoms with E-state index in [-0.39, 0.29) is 26.1 Å². The SMILES string of the molecule is C=CC(=O)OCCOC(=O)CCC(O)Oc1ccc(CC#N)cc1. The number of carbonyl (C=O) groups excluding carboxylic acids is 2. The van der Waals surface area contributed by atoms with Crippen molar-refractivity contribution in [2.45, 2.75) is 25.6 Å². The van der Waals surface area contributed by atoms with Crippen molar-refractivity contribution in [2.75, 3.05) is 13.2 Å². The van der Waals surface area contributed by atoms with Gasteiger partial charge in [0.25, 0.3) is 0 Å². The van der Waals surface area contributed by atoms with Gasteiger partial charge in [-0.1, -0.05) is 18.7 Å².